The van der Waals surface area contributed by atoms with Crippen molar-refractivity contribution in [3.05, 3.63) is 41.3 Å². The molecule has 0 spiro atoms. The predicted octanol–water partition coefficient (Wildman–Crippen LogP) is 0.534. The van der Waals surface area contributed by atoms with Gasteiger partial charge in [0.25, 0.3) is 5.91 Å². The largest absolute Gasteiger partial charge is 0.478 e. The van der Waals surface area contributed by atoms with E-state index < -0.39 is 11.9 Å². The van der Waals surface area contributed by atoms with Crippen molar-refractivity contribution < 1.29 is 23.8 Å². The summed E-state index contributed by atoms with van der Waals surface area (Å²) in [6.45, 7) is 2.63. The summed E-state index contributed by atoms with van der Waals surface area (Å²) < 4.78 is 10.8. The zero-order valence-corrected chi connectivity index (χ0v) is 12.8. The van der Waals surface area contributed by atoms with Crippen LogP contribution in [0.1, 0.15) is 26.6 Å². The lowest BCUT2D eigenvalue weighted by atomic mass is 10.1. The Bertz CT molecular complexity index is 739. The van der Waals surface area contributed by atoms with Gasteiger partial charge in [0.05, 0.1) is 25.3 Å². The average molecular weight is 332 g/mol. The molecule has 24 heavy (non-hydrogen) atoms. The SMILES string of the molecule is O=C(O)c1cccc(C(=O)NCc2nnc(N3CCOCC3)o2)c1. The van der Waals surface area contributed by atoms with Crippen LogP contribution < -0.4 is 10.2 Å². The van der Waals surface area contributed by atoms with Gasteiger partial charge in [0, 0.05) is 18.7 Å². The van der Waals surface area contributed by atoms with E-state index >= 15 is 0 Å². The van der Waals surface area contributed by atoms with Crippen LogP contribution >= 0.6 is 0 Å². The highest BCUT2D eigenvalue weighted by molar-refractivity contribution is 5.97. The van der Waals surface area contributed by atoms with E-state index in [1.54, 1.807) is 0 Å². The standard InChI is InChI=1S/C15H16N4O5/c20-13(10-2-1-3-11(8-10)14(21)22)16-9-12-17-18-15(24-12)19-4-6-23-7-5-19/h1-3,8H,4-7,9H2,(H,16,20)(H,21,22). The number of aromatic carboxylic acids is 1. The molecule has 2 heterocycles. The third kappa shape index (κ3) is 3.69. The van der Waals surface area contributed by atoms with Crippen molar-refractivity contribution in [2.24, 2.45) is 0 Å². The third-order valence-electron chi connectivity index (χ3n) is 3.51. The molecule has 1 fully saturated rings. The van der Waals surface area contributed by atoms with E-state index in [0.29, 0.717) is 32.3 Å². The van der Waals surface area contributed by atoms with Crippen molar-refractivity contribution in [1.29, 1.82) is 0 Å². The summed E-state index contributed by atoms with van der Waals surface area (Å²) in [5.41, 5.74) is 0.304. The fourth-order valence-corrected chi connectivity index (χ4v) is 2.25. The van der Waals surface area contributed by atoms with Crippen LogP contribution in [0.5, 0.6) is 0 Å². The molecule has 2 N–H and O–H groups in total. The van der Waals surface area contributed by atoms with Crippen molar-refractivity contribution in [3.8, 4) is 0 Å². The van der Waals surface area contributed by atoms with Crippen molar-refractivity contribution in [3.63, 3.8) is 0 Å². The van der Waals surface area contributed by atoms with Gasteiger partial charge in [0.15, 0.2) is 0 Å². The number of morpholine rings is 1. The maximum atomic E-state index is 12.1. The first-order chi connectivity index (χ1) is 11.6. The Labute approximate surface area is 137 Å². The number of carbonyl (C=O) groups is 2. The fourth-order valence-electron chi connectivity index (χ4n) is 2.25. The van der Waals surface area contributed by atoms with Crippen LogP contribution in [0.2, 0.25) is 0 Å². The van der Waals surface area contributed by atoms with Gasteiger partial charge in [0.1, 0.15) is 0 Å². The minimum atomic E-state index is -1.09. The maximum absolute atomic E-state index is 12.1. The molecule has 2 aromatic rings. The number of hydrogen-bond acceptors (Lipinski definition) is 7. The number of nitrogens with one attached hydrogen (secondary N) is 1. The van der Waals surface area contributed by atoms with E-state index in [2.05, 4.69) is 15.5 Å². The number of carbonyl (C=O) groups excluding carboxylic acids is 1. The quantitative estimate of drug-likeness (QED) is 0.814. The Hall–Kier alpha value is -2.94. The number of anilines is 1. The van der Waals surface area contributed by atoms with Gasteiger partial charge in [0.2, 0.25) is 5.89 Å². The van der Waals surface area contributed by atoms with Crippen LogP contribution in [0.25, 0.3) is 0 Å². The van der Waals surface area contributed by atoms with E-state index in [0.717, 1.165) is 0 Å². The highest BCUT2D eigenvalue weighted by Gasteiger charge is 2.18. The molecule has 1 amide bonds. The summed E-state index contributed by atoms with van der Waals surface area (Å²) >= 11 is 0. The monoisotopic (exact) mass is 332 g/mol. The number of hydrogen-bond donors (Lipinski definition) is 2. The van der Waals surface area contributed by atoms with Crippen molar-refractivity contribution in [2.75, 3.05) is 31.2 Å². The van der Waals surface area contributed by atoms with Crippen molar-refractivity contribution >= 4 is 17.9 Å². The van der Waals surface area contributed by atoms with Gasteiger partial charge in [-0.15, -0.1) is 5.10 Å². The molecule has 1 aromatic heterocycles. The molecule has 126 valence electrons. The van der Waals surface area contributed by atoms with E-state index in [9.17, 15) is 9.59 Å². The van der Waals surface area contributed by atoms with Crippen LogP contribution in [0.4, 0.5) is 6.01 Å². The van der Waals surface area contributed by atoms with Gasteiger partial charge in [-0.05, 0) is 18.2 Å². The number of nitrogens with zero attached hydrogens (tertiary/aromatic N) is 3. The molecule has 1 aliphatic heterocycles. The zero-order chi connectivity index (χ0) is 16.9. The van der Waals surface area contributed by atoms with Crippen molar-refractivity contribution in [2.45, 2.75) is 6.54 Å². The second-order valence-corrected chi connectivity index (χ2v) is 5.15. The first kappa shape index (κ1) is 15.9. The topological polar surface area (TPSA) is 118 Å². The van der Waals surface area contributed by atoms with Gasteiger partial charge in [-0.3, -0.25) is 4.79 Å². The van der Waals surface area contributed by atoms with Gasteiger partial charge in [-0.2, -0.15) is 0 Å². The summed E-state index contributed by atoms with van der Waals surface area (Å²) in [7, 11) is 0. The number of benzene rings is 1. The molecule has 9 nitrogen and oxygen atoms in total. The second kappa shape index (κ2) is 7.09. The Balaban J connectivity index is 1.59. The van der Waals surface area contributed by atoms with E-state index in [-0.39, 0.29) is 23.6 Å². The Morgan fingerprint density at radius 3 is 2.71 bits per heavy atom. The molecule has 3 rings (SSSR count). The lowest BCUT2D eigenvalue weighted by Gasteiger charge is -2.24. The van der Waals surface area contributed by atoms with Gasteiger partial charge in [-0.25, -0.2) is 4.79 Å². The molecule has 0 unspecified atom stereocenters. The number of aromatic nitrogens is 2. The zero-order valence-electron chi connectivity index (χ0n) is 12.8. The molecule has 0 atom stereocenters. The van der Waals surface area contributed by atoms with Crippen LogP contribution in [0.3, 0.4) is 0 Å². The molecule has 1 aliphatic rings. The number of ether oxygens (including phenoxy) is 1. The van der Waals surface area contributed by atoms with Crippen LogP contribution in [0, 0.1) is 0 Å². The summed E-state index contributed by atoms with van der Waals surface area (Å²) in [6, 6.07) is 6.18. The number of rotatable bonds is 5. The highest BCUT2D eigenvalue weighted by Crippen LogP contribution is 2.13. The summed E-state index contributed by atoms with van der Waals surface area (Å²) in [5.74, 6) is -1.22. The smallest absolute Gasteiger partial charge is 0.335 e. The van der Waals surface area contributed by atoms with Crippen LogP contribution in [-0.4, -0.2) is 53.5 Å². The number of carboxylic acid groups (broad SMARTS) is 1. The van der Waals surface area contributed by atoms with Crippen LogP contribution in [-0.2, 0) is 11.3 Å². The lowest BCUT2D eigenvalue weighted by molar-refractivity contribution is 0.0697. The third-order valence-corrected chi connectivity index (χ3v) is 3.51. The van der Waals surface area contributed by atoms with Gasteiger partial charge >= 0.3 is 12.0 Å². The predicted molar refractivity (Wildman–Crippen MR) is 81.9 cm³/mol. The molecular weight excluding hydrogens is 316 g/mol. The number of amides is 1. The normalized spacial score (nSPS) is 14.4. The summed E-state index contributed by atoms with van der Waals surface area (Å²) in [4.78, 5) is 24.9. The average Bonchev–Trinajstić information content (AvgIpc) is 3.09. The molecule has 0 aliphatic carbocycles. The minimum Gasteiger partial charge on any atom is -0.478 e. The van der Waals surface area contributed by atoms with Crippen LogP contribution in [0.15, 0.2) is 28.7 Å². The Morgan fingerprint density at radius 2 is 1.96 bits per heavy atom. The first-order valence-electron chi connectivity index (χ1n) is 7.40. The Kier molecular flexibility index (Phi) is 4.71. The van der Waals surface area contributed by atoms with E-state index in [1.807, 2.05) is 4.90 Å². The van der Waals surface area contributed by atoms with Gasteiger partial charge < -0.3 is 24.5 Å². The lowest BCUT2D eigenvalue weighted by Crippen LogP contribution is -2.36. The minimum absolute atomic E-state index is 0.0510. The Morgan fingerprint density at radius 1 is 1.21 bits per heavy atom. The van der Waals surface area contributed by atoms with E-state index in [1.165, 1.54) is 24.3 Å². The van der Waals surface area contributed by atoms with E-state index in [4.69, 9.17) is 14.3 Å². The molecule has 1 aromatic carbocycles. The molecular formula is C15H16N4O5. The molecule has 0 saturated carbocycles. The summed E-state index contributed by atoms with van der Waals surface area (Å²) in [6.07, 6.45) is 0. The first-order valence-corrected chi connectivity index (χ1v) is 7.40. The van der Waals surface area contributed by atoms with Gasteiger partial charge in [-0.1, -0.05) is 11.2 Å². The molecule has 1 saturated heterocycles. The molecule has 0 radical (unpaired) electrons. The molecule has 0 bridgehead atoms. The molecule has 9 heteroatoms. The maximum Gasteiger partial charge on any atom is 0.335 e. The van der Waals surface area contributed by atoms with Crippen molar-refractivity contribution in [1.82, 2.24) is 15.5 Å². The summed E-state index contributed by atoms with van der Waals surface area (Å²) in [5, 5.41) is 19.4. The highest BCUT2D eigenvalue weighted by atomic mass is 16.5. The fraction of sp³-hybridized carbons (Fsp3) is 0.333. The number of carboxylic acids is 1. The second-order valence-electron chi connectivity index (χ2n) is 5.15.